The number of carbonyl (C=O) groups excluding carboxylic acids is 1. The van der Waals surface area contributed by atoms with Crippen molar-refractivity contribution in [1.82, 2.24) is 9.88 Å². The fourth-order valence-corrected chi connectivity index (χ4v) is 1.47. The lowest BCUT2D eigenvalue weighted by Gasteiger charge is -2.15. The molecule has 5 heteroatoms. The Hall–Kier alpha value is -1.41. The first-order valence-corrected chi connectivity index (χ1v) is 5.19. The van der Waals surface area contributed by atoms with Gasteiger partial charge in [0.1, 0.15) is 5.69 Å². The molecule has 0 saturated carbocycles. The highest BCUT2D eigenvalue weighted by molar-refractivity contribution is 9.10. The molecule has 0 aromatic carbocycles. The molecular formula is C10H10BrN3O. The van der Waals surface area contributed by atoms with Crippen molar-refractivity contribution in [2.75, 3.05) is 13.6 Å². The molecule has 15 heavy (non-hydrogen) atoms. The van der Waals surface area contributed by atoms with Gasteiger partial charge in [-0.1, -0.05) is 0 Å². The molecule has 0 aliphatic heterocycles. The Bertz CT molecular complexity index is 400. The molecule has 0 unspecified atom stereocenters. The van der Waals surface area contributed by atoms with E-state index in [0.717, 1.165) is 0 Å². The van der Waals surface area contributed by atoms with Gasteiger partial charge in [0.25, 0.3) is 5.91 Å². The molecule has 1 aromatic heterocycles. The fourth-order valence-electron chi connectivity index (χ4n) is 1.04. The molecule has 1 aromatic rings. The summed E-state index contributed by atoms with van der Waals surface area (Å²) in [5, 5.41) is 8.41. The van der Waals surface area contributed by atoms with Gasteiger partial charge in [-0.05, 0) is 28.1 Å². The lowest BCUT2D eigenvalue weighted by atomic mass is 10.3. The molecule has 0 bridgehead atoms. The van der Waals surface area contributed by atoms with E-state index in [1.54, 1.807) is 25.4 Å². The number of nitriles is 1. The van der Waals surface area contributed by atoms with Gasteiger partial charge in [0, 0.05) is 24.3 Å². The van der Waals surface area contributed by atoms with E-state index in [1.807, 2.05) is 6.07 Å². The van der Waals surface area contributed by atoms with Crippen molar-refractivity contribution in [3.63, 3.8) is 0 Å². The van der Waals surface area contributed by atoms with Gasteiger partial charge < -0.3 is 4.90 Å². The van der Waals surface area contributed by atoms with Gasteiger partial charge >= 0.3 is 0 Å². The molecular weight excluding hydrogens is 258 g/mol. The van der Waals surface area contributed by atoms with Crippen LogP contribution in [0.3, 0.4) is 0 Å². The van der Waals surface area contributed by atoms with Crippen LogP contribution in [0.2, 0.25) is 0 Å². The summed E-state index contributed by atoms with van der Waals surface area (Å²) in [7, 11) is 1.65. The summed E-state index contributed by atoms with van der Waals surface area (Å²) >= 11 is 3.26. The number of hydrogen-bond donors (Lipinski definition) is 0. The summed E-state index contributed by atoms with van der Waals surface area (Å²) in [5.41, 5.74) is 0.373. The predicted octanol–water partition coefficient (Wildman–Crippen LogP) is 1.83. The van der Waals surface area contributed by atoms with Crippen LogP contribution in [0.1, 0.15) is 16.9 Å². The zero-order valence-corrected chi connectivity index (χ0v) is 9.86. The SMILES string of the molecule is CN(CCC#N)C(=O)c1ncccc1Br. The van der Waals surface area contributed by atoms with Crippen LogP contribution in [0.25, 0.3) is 0 Å². The fraction of sp³-hybridized carbons (Fsp3) is 0.300. The second kappa shape index (κ2) is 5.47. The molecule has 0 N–H and O–H groups in total. The minimum atomic E-state index is -0.183. The molecule has 1 amide bonds. The van der Waals surface area contributed by atoms with Crippen molar-refractivity contribution in [1.29, 1.82) is 5.26 Å². The van der Waals surface area contributed by atoms with Crippen LogP contribution >= 0.6 is 15.9 Å². The van der Waals surface area contributed by atoms with Crippen molar-refractivity contribution in [3.05, 3.63) is 28.5 Å². The van der Waals surface area contributed by atoms with E-state index in [4.69, 9.17) is 5.26 Å². The smallest absolute Gasteiger partial charge is 0.273 e. The number of hydrogen-bond acceptors (Lipinski definition) is 3. The van der Waals surface area contributed by atoms with Gasteiger partial charge in [-0.3, -0.25) is 4.79 Å². The first-order chi connectivity index (χ1) is 7.16. The number of nitrogens with zero attached hydrogens (tertiary/aromatic N) is 3. The lowest BCUT2D eigenvalue weighted by Crippen LogP contribution is -2.28. The maximum Gasteiger partial charge on any atom is 0.273 e. The summed E-state index contributed by atoms with van der Waals surface area (Å²) in [6.07, 6.45) is 1.89. The van der Waals surface area contributed by atoms with Crippen LogP contribution in [0, 0.1) is 11.3 Å². The van der Waals surface area contributed by atoms with Crippen molar-refractivity contribution < 1.29 is 4.79 Å². The van der Waals surface area contributed by atoms with E-state index in [9.17, 15) is 4.79 Å². The number of halogens is 1. The van der Waals surface area contributed by atoms with E-state index in [-0.39, 0.29) is 5.91 Å². The monoisotopic (exact) mass is 267 g/mol. The van der Waals surface area contributed by atoms with Crippen LogP contribution in [-0.4, -0.2) is 29.4 Å². The first-order valence-electron chi connectivity index (χ1n) is 4.39. The third kappa shape index (κ3) is 3.03. The van der Waals surface area contributed by atoms with E-state index >= 15 is 0 Å². The molecule has 0 aliphatic rings. The quantitative estimate of drug-likeness (QED) is 0.840. The standard InChI is InChI=1S/C10H10BrN3O/c1-14(7-3-5-12)10(15)9-8(11)4-2-6-13-9/h2,4,6H,3,7H2,1H3. The first kappa shape index (κ1) is 11.7. The maximum absolute atomic E-state index is 11.8. The maximum atomic E-state index is 11.8. The molecule has 4 nitrogen and oxygen atoms in total. The molecule has 0 saturated heterocycles. The van der Waals surface area contributed by atoms with Gasteiger partial charge in [0.15, 0.2) is 0 Å². The molecule has 0 atom stereocenters. The normalized spacial score (nSPS) is 9.40. The largest absolute Gasteiger partial charge is 0.339 e. The van der Waals surface area contributed by atoms with E-state index < -0.39 is 0 Å². The lowest BCUT2D eigenvalue weighted by molar-refractivity contribution is 0.0791. The molecule has 0 radical (unpaired) electrons. The van der Waals surface area contributed by atoms with E-state index in [0.29, 0.717) is 23.1 Å². The van der Waals surface area contributed by atoms with Crippen LogP contribution in [-0.2, 0) is 0 Å². The van der Waals surface area contributed by atoms with Crippen molar-refractivity contribution >= 4 is 21.8 Å². The summed E-state index contributed by atoms with van der Waals surface area (Å²) in [6, 6.07) is 5.50. The topological polar surface area (TPSA) is 57.0 Å². The van der Waals surface area contributed by atoms with Gasteiger partial charge in [-0.15, -0.1) is 0 Å². The van der Waals surface area contributed by atoms with Gasteiger partial charge in [-0.2, -0.15) is 5.26 Å². The molecule has 0 spiro atoms. The molecule has 0 fully saturated rings. The van der Waals surface area contributed by atoms with Crippen LogP contribution in [0.15, 0.2) is 22.8 Å². The van der Waals surface area contributed by atoms with Crippen molar-refractivity contribution in [3.8, 4) is 6.07 Å². The van der Waals surface area contributed by atoms with E-state index in [1.165, 1.54) is 4.90 Å². The van der Waals surface area contributed by atoms with Gasteiger partial charge in [0.2, 0.25) is 0 Å². The summed E-state index contributed by atoms with van der Waals surface area (Å²) < 4.78 is 0.666. The molecule has 1 rings (SSSR count). The molecule has 78 valence electrons. The third-order valence-corrected chi connectivity index (χ3v) is 2.51. The van der Waals surface area contributed by atoms with Gasteiger partial charge in [-0.25, -0.2) is 4.98 Å². The van der Waals surface area contributed by atoms with E-state index in [2.05, 4.69) is 20.9 Å². The Kier molecular flexibility index (Phi) is 4.25. The Labute approximate surface area is 96.7 Å². The highest BCUT2D eigenvalue weighted by Crippen LogP contribution is 2.14. The number of rotatable bonds is 3. The summed E-state index contributed by atoms with van der Waals surface area (Å²) in [6.45, 7) is 0.415. The average Bonchev–Trinajstić information content (AvgIpc) is 2.25. The zero-order valence-electron chi connectivity index (χ0n) is 8.27. The number of pyridine rings is 1. The van der Waals surface area contributed by atoms with Gasteiger partial charge in [0.05, 0.1) is 12.5 Å². The van der Waals surface area contributed by atoms with Crippen LogP contribution in [0.4, 0.5) is 0 Å². The average molecular weight is 268 g/mol. The number of amides is 1. The van der Waals surface area contributed by atoms with Crippen molar-refractivity contribution in [2.45, 2.75) is 6.42 Å². The highest BCUT2D eigenvalue weighted by atomic mass is 79.9. The Morgan fingerprint density at radius 2 is 2.47 bits per heavy atom. The Balaban J connectivity index is 2.77. The third-order valence-electron chi connectivity index (χ3n) is 1.87. The second-order valence-electron chi connectivity index (χ2n) is 2.97. The molecule has 1 heterocycles. The predicted molar refractivity (Wildman–Crippen MR) is 59.1 cm³/mol. The number of aromatic nitrogens is 1. The minimum Gasteiger partial charge on any atom is -0.339 e. The molecule has 0 aliphatic carbocycles. The van der Waals surface area contributed by atoms with Crippen LogP contribution in [0.5, 0.6) is 0 Å². The zero-order chi connectivity index (χ0) is 11.3. The Morgan fingerprint density at radius 3 is 3.07 bits per heavy atom. The van der Waals surface area contributed by atoms with Crippen molar-refractivity contribution in [2.24, 2.45) is 0 Å². The minimum absolute atomic E-state index is 0.183. The Morgan fingerprint density at radius 1 is 1.73 bits per heavy atom. The summed E-state index contributed by atoms with van der Waals surface area (Å²) in [4.78, 5) is 17.3. The summed E-state index contributed by atoms with van der Waals surface area (Å²) in [5.74, 6) is -0.183. The van der Waals surface area contributed by atoms with Crippen LogP contribution < -0.4 is 0 Å². The highest BCUT2D eigenvalue weighted by Gasteiger charge is 2.15. The second-order valence-corrected chi connectivity index (χ2v) is 3.82. The number of carbonyl (C=O) groups is 1.